The van der Waals surface area contributed by atoms with E-state index >= 15 is 0 Å². The Bertz CT molecular complexity index is 936. The number of hydrogen-bond donors (Lipinski definition) is 0. The molecule has 0 N–H and O–H groups in total. The second kappa shape index (κ2) is 6.21. The summed E-state index contributed by atoms with van der Waals surface area (Å²) < 4.78 is 2.28. The van der Waals surface area contributed by atoms with Crippen LogP contribution >= 0.6 is 0 Å². The summed E-state index contributed by atoms with van der Waals surface area (Å²) in [6, 6.07) is 31.8. The summed E-state index contributed by atoms with van der Waals surface area (Å²) in [7, 11) is 0. The third-order valence-electron chi connectivity index (χ3n) is 4.43. The van der Waals surface area contributed by atoms with Crippen molar-refractivity contribution in [2.75, 3.05) is 0 Å². The maximum absolute atomic E-state index is 2.28. The average Bonchev–Trinajstić information content (AvgIpc) is 3.01. The third kappa shape index (κ3) is 2.55. The lowest BCUT2D eigenvalue weighted by molar-refractivity contribution is 1.02. The van der Waals surface area contributed by atoms with E-state index in [4.69, 9.17) is 0 Å². The summed E-state index contributed by atoms with van der Waals surface area (Å²) in [5, 5.41) is 0. The molecule has 0 aliphatic carbocycles. The summed E-state index contributed by atoms with van der Waals surface area (Å²) in [5.74, 6) is 0. The Labute approximate surface area is 142 Å². The lowest BCUT2D eigenvalue weighted by Crippen LogP contribution is -1.94. The highest BCUT2D eigenvalue weighted by molar-refractivity contribution is 5.86. The molecule has 0 saturated heterocycles. The van der Waals surface area contributed by atoms with E-state index in [1.165, 1.54) is 33.6 Å². The smallest absolute Gasteiger partial charge is 0.0452 e. The highest BCUT2D eigenvalue weighted by atomic mass is 15.0. The molecule has 0 amide bonds. The van der Waals surface area contributed by atoms with Gasteiger partial charge in [0.1, 0.15) is 0 Å². The quantitative estimate of drug-likeness (QED) is 0.429. The van der Waals surface area contributed by atoms with Crippen LogP contribution in [-0.4, -0.2) is 4.57 Å². The van der Waals surface area contributed by atoms with Crippen LogP contribution in [0.3, 0.4) is 0 Å². The molecule has 0 bridgehead atoms. The van der Waals surface area contributed by atoms with Gasteiger partial charge in [0.2, 0.25) is 0 Å². The molecule has 0 unspecified atom stereocenters. The number of hydrogen-bond acceptors (Lipinski definition) is 0. The number of aromatic nitrogens is 1. The van der Waals surface area contributed by atoms with Crippen LogP contribution < -0.4 is 0 Å². The summed E-state index contributed by atoms with van der Waals surface area (Å²) >= 11 is 0. The predicted octanol–water partition coefficient (Wildman–Crippen LogP) is 6.12. The number of rotatable bonds is 3. The molecule has 0 radical (unpaired) electrons. The van der Waals surface area contributed by atoms with Crippen LogP contribution in [-0.2, 0) is 0 Å². The Morgan fingerprint density at radius 1 is 0.583 bits per heavy atom. The second-order valence-electron chi connectivity index (χ2n) is 5.94. The molecule has 1 aromatic heterocycles. The lowest BCUT2D eigenvalue weighted by atomic mass is 9.97. The van der Waals surface area contributed by atoms with Crippen LogP contribution in [0.5, 0.6) is 0 Å². The van der Waals surface area contributed by atoms with E-state index in [1.807, 2.05) is 0 Å². The third-order valence-corrected chi connectivity index (χ3v) is 4.43. The molecule has 1 nitrogen and oxygen atoms in total. The first-order valence-corrected chi connectivity index (χ1v) is 8.23. The first-order valence-electron chi connectivity index (χ1n) is 8.23. The predicted molar refractivity (Wildman–Crippen MR) is 101 cm³/mol. The van der Waals surface area contributed by atoms with Gasteiger partial charge in [-0.25, -0.2) is 0 Å². The largest absolute Gasteiger partial charge is 0.320 e. The maximum atomic E-state index is 2.28. The van der Waals surface area contributed by atoms with Crippen molar-refractivity contribution in [3.05, 3.63) is 103 Å². The van der Waals surface area contributed by atoms with Gasteiger partial charge < -0.3 is 4.57 Å². The molecule has 0 atom stereocenters. The van der Waals surface area contributed by atoms with Crippen molar-refractivity contribution >= 4 is 0 Å². The lowest BCUT2D eigenvalue weighted by Gasteiger charge is -2.08. The average molecular weight is 309 g/mol. The highest BCUT2D eigenvalue weighted by Crippen LogP contribution is 2.37. The SMILES string of the molecule is Cc1c(-c2ccccc2)c(-c2ccccc2)cn1-c1ccccc1. The van der Waals surface area contributed by atoms with E-state index in [1.54, 1.807) is 0 Å². The van der Waals surface area contributed by atoms with E-state index < -0.39 is 0 Å². The Balaban J connectivity index is 1.99. The fraction of sp³-hybridized carbons (Fsp3) is 0.0435. The summed E-state index contributed by atoms with van der Waals surface area (Å²) in [5.41, 5.74) is 7.51. The van der Waals surface area contributed by atoms with Crippen molar-refractivity contribution in [3.8, 4) is 27.9 Å². The fourth-order valence-electron chi connectivity index (χ4n) is 3.27. The van der Waals surface area contributed by atoms with Gasteiger partial charge in [0.15, 0.2) is 0 Å². The van der Waals surface area contributed by atoms with Crippen LogP contribution in [0.15, 0.2) is 97.2 Å². The van der Waals surface area contributed by atoms with Crippen molar-refractivity contribution in [2.45, 2.75) is 6.92 Å². The molecule has 0 fully saturated rings. The van der Waals surface area contributed by atoms with Gasteiger partial charge >= 0.3 is 0 Å². The van der Waals surface area contributed by atoms with E-state index in [-0.39, 0.29) is 0 Å². The van der Waals surface area contributed by atoms with Gasteiger partial charge in [-0.05, 0) is 30.2 Å². The van der Waals surface area contributed by atoms with Crippen molar-refractivity contribution in [1.29, 1.82) is 0 Å². The molecule has 1 heteroatoms. The van der Waals surface area contributed by atoms with Gasteiger partial charge in [-0.15, -0.1) is 0 Å². The van der Waals surface area contributed by atoms with Crippen molar-refractivity contribution in [2.24, 2.45) is 0 Å². The van der Waals surface area contributed by atoms with E-state index in [0.717, 1.165) is 0 Å². The minimum Gasteiger partial charge on any atom is -0.320 e. The van der Waals surface area contributed by atoms with Crippen molar-refractivity contribution < 1.29 is 0 Å². The zero-order valence-electron chi connectivity index (χ0n) is 13.7. The first-order chi connectivity index (χ1) is 11.8. The normalized spacial score (nSPS) is 10.7. The van der Waals surface area contributed by atoms with Crippen LogP contribution in [0.2, 0.25) is 0 Å². The molecule has 3 aromatic carbocycles. The molecule has 1 heterocycles. The van der Waals surface area contributed by atoms with E-state index in [0.29, 0.717) is 0 Å². The molecular formula is C23H19N. The van der Waals surface area contributed by atoms with E-state index in [9.17, 15) is 0 Å². The fourth-order valence-corrected chi connectivity index (χ4v) is 3.27. The number of nitrogens with zero attached hydrogens (tertiary/aromatic N) is 1. The van der Waals surface area contributed by atoms with Gasteiger partial charge in [-0.1, -0.05) is 78.9 Å². The van der Waals surface area contributed by atoms with Gasteiger partial charge in [0.05, 0.1) is 0 Å². The molecule has 116 valence electrons. The van der Waals surface area contributed by atoms with Gasteiger partial charge in [-0.3, -0.25) is 0 Å². The molecule has 0 spiro atoms. The topological polar surface area (TPSA) is 4.93 Å². The first kappa shape index (κ1) is 14.5. The standard InChI is InChI=1S/C23H19N/c1-18-23(20-13-7-3-8-14-20)22(19-11-5-2-6-12-19)17-24(18)21-15-9-4-10-16-21/h2-17H,1H3. The molecule has 4 rings (SSSR count). The minimum absolute atomic E-state index is 1.19. The second-order valence-corrected chi connectivity index (χ2v) is 5.94. The highest BCUT2D eigenvalue weighted by Gasteiger charge is 2.16. The summed E-state index contributed by atoms with van der Waals surface area (Å²) in [4.78, 5) is 0. The van der Waals surface area contributed by atoms with Crippen LogP contribution in [0.1, 0.15) is 5.69 Å². The van der Waals surface area contributed by atoms with Crippen LogP contribution in [0.25, 0.3) is 27.9 Å². The van der Waals surface area contributed by atoms with Gasteiger partial charge in [-0.2, -0.15) is 0 Å². The minimum atomic E-state index is 1.19. The number of para-hydroxylation sites is 1. The Hall–Kier alpha value is -3.06. The molecular weight excluding hydrogens is 290 g/mol. The molecule has 0 saturated carbocycles. The molecule has 0 aliphatic heterocycles. The maximum Gasteiger partial charge on any atom is 0.0452 e. The van der Waals surface area contributed by atoms with Gasteiger partial charge in [0.25, 0.3) is 0 Å². The molecule has 24 heavy (non-hydrogen) atoms. The zero-order chi connectivity index (χ0) is 16.4. The Kier molecular flexibility index (Phi) is 3.76. The number of benzene rings is 3. The monoisotopic (exact) mass is 309 g/mol. The van der Waals surface area contributed by atoms with Crippen LogP contribution in [0, 0.1) is 6.92 Å². The van der Waals surface area contributed by atoms with E-state index in [2.05, 4.69) is 109 Å². The Morgan fingerprint density at radius 3 is 1.67 bits per heavy atom. The molecule has 0 aliphatic rings. The Morgan fingerprint density at radius 2 is 1.08 bits per heavy atom. The zero-order valence-corrected chi connectivity index (χ0v) is 13.7. The summed E-state index contributed by atoms with van der Waals surface area (Å²) in [6.45, 7) is 2.20. The van der Waals surface area contributed by atoms with Gasteiger partial charge in [0, 0.05) is 28.7 Å². The molecule has 4 aromatic rings. The van der Waals surface area contributed by atoms with Crippen LogP contribution in [0.4, 0.5) is 0 Å². The van der Waals surface area contributed by atoms with Crippen molar-refractivity contribution in [3.63, 3.8) is 0 Å². The summed E-state index contributed by atoms with van der Waals surface area (Å²) in [6.07, 6.45) is 2.25. The van der Waals surface area contributed by atoms with Crippen molar-refractivity contribution in [1.82, 2.24) is 4.57 Å².